The van der Waals surface area contributed by atoms with Crippen molar-refractivity contribution >= 4 is 17.3 Å². The van der Waals surface area contributed by atoms with Crippen LogP contribution in [0.5, 0.6) is 0 Å². The van der Waals surface area contributed by atoms with Crippen molar-refractivity contribution < 1.29 is 0 Å². The van der Waals surface area contributed by atoms with Crippen molar-refractivity contribution in [1.29, 1.82) is 0 Å². The van der Waals surface area contributed by atoms with Gasteiger partial charge < -0.3 is 11.1 Å². The summed E-state index contributed by atoms with van der Waals surface area (Å²) in [6.07, 6.45) is 6.84. The van der Waals surface area contributed by atoms with Gasteiger partial charge in [0.25, 0.3) is 0 Å². The van der Waals surface area contributed by atoms with Gasteiger partial charge in [-0.15, -0.1) is 0 Å². The summed E-state index contributed by atoms with van der Waals surface area (Å²) in [4.78, 5) is 0. The van der Waals surface area contributed by atoms with Gasteiger partial charge >= 0.3 is 0 Å². The molecule has 4 saturated carbocycles. The number of hydrogen-bond donors (Lipinski definition) is 2. The summed E-state index contributed by atoms with van der Waals surface area (Å²) >= 11 is 5.26. The minimum absolute atomic E-state index is 0.00699. The van der Waals surface area contributed by atoms with Gasteiger partial charge in [-0.2, -0.15) is 0 Å². The molecule has 0 amide bonds. The fourth-order valence-electron chi connectivity index (χ4n) is 5.71. The van der Waals surface area contributed by atoms with Crippen LogP contribution in [-0.2, 0) is 5.54 Å². The van der Waals surface area contributed by atoms with Crippen LogP contribution in [0.4, 0.5) is 0 Å². The molecule has 1 aromatic rings. The Bertz CT molecular complexity index is 535. The minimum atomic E-state index is -0.00699. The molecule has 21 heavy (non-hydrogen) atoms. The summed E-state index contributed by atoms with van der Waals surface area (Å²) in [7, 11) is 0. The molecular weight excluding hydrogens is 276 g/mol. The minimum Gasteiger partial charge on any atom is -0.376 e. The van der Waals surface area contributed by atoms with E-state index in [0.29, 0.717) is 16.9 Å². The number of hydrogen-bond acceptors (Lipinski definition) is 1. The fraction of sp³-hybridized carbons (Fsp3) is 0.611. The third-order valence-electron chi connectivity index (χ3n) is 6.29. The summed E-state index contributed by atoms with van der Waals surface area (Å²) in [5.74, 6) is 3.27. The lowest BCUT2D eigenvalue weighted by Crippen LogP contribution is -2.64. The second-order valence-corrected chi connectivity index (χ2v) is 7.97. The zero-order valence-electron chi connectivity index (χ0n) is 12.6. The lowest BCUT2D eigenvalue weighted by Gasteiger charge is -2.61. The molecular formula is C18H24N2S. The second kappa shape index (κ2) is 4.70. The third kappa shape index (κ3) is 2.01. The maximum Gasteiger partial charge on any atom is 0.164 e. The molecule has 0 aliphatic heterocycles. The van der Waals surface area contributed by atoms with Crippen LogP contribution in [0.25, 0.3) is 0 Å². The Balaban J connectivity index is 1.81. The first-order valence-corrected chi connectivity index (χ1v) is 8.63. The summed E-state index contributed by atoms with van der Waals surface area (Å²) < 4.78 is 0. The van der Waals surface area contributed by atoms with Gasteiger partial charge in [-0.05, 0) is 80.5 Å². The van der Waals surface area contributed by atoms with E-state index in [4.69, 9.17) is 18.0 Å². The van der Waals surface area contributed by atoms with E-state index in [2.05, 4.69) is 36.5 Å². The second-order valence-electron chi connectivity index (χ2n) is 7.53. The Kier molecular flexibility index (Phi) is 3.04. The van der Waals surface area contributed by atoms with Gasteiger partial charge in [0.15, 0.2) is 5.11 Å². The Morgan fingerprint density at radius 1 is 1.05 bits per heavy atom. The van der Waals surface area contributed by atoms with Crippen LogP contribution in [0.1, 0.15) is 43.2 Å². The lowest BCUT2D eigenvalue weighted by atomic mass is 9.47. The predicted molar refractivity (Wildman–Crippen MR) is 89.8 cm³/mol. The first-order valence-electron chi connectivity index (χ1n) is 8.22. The van der Waals surface area contributed by atoms with Gasteiger partial charge in [0.2, 0.25) is 0 Å². The number of benzene rings is 1. The van der Waals surface area contributed by atoms with Crippen LogP contribution >= 0.6 is 12.2 Å². The lowest BCUT2D eigenvalue weighted by molar-refractivity contribution is -0.0686. The van der Waals surface area contributed by atoms with E-state index in [9.17, 15) is 0 Å². The van der Waals surface area contributed by atoms with Gasteiger partial charge in [0.05, 0.1) is 5.54 Å². The summed E-state index contributed by atoms with van der Waals surface area (Å²) in [5.41, 5.74) is 8.65. The Morgan fingerprint density at radius 2 is 1.57 bits per heavy atom. The average Bonchev–Trinajstić information content (AvgIpc) is 2.43. The zero-order valence-corrected chi connectivity index (χ0v) is 13.5. The Labute approximate surface area is 132 Å². The van der Waals surface area contributed by atoms with E-state index >= 15 is 0 Å². The van der Waals surface area contributed by atoms with Crippen LogP contribution in [0, 0.1) is 30.6 Å². The van der Waals surface area contributed by atoms with E-state index in [0.717, 1.165) is 11.8 Å². The number of rotatable bonds is 2. The molecule has 112 valence electrons. The molecule has 0 unspecified atom stereocenters. The van der Waals surface area contributed by atoms with E-state index < -0.39 is 0 Å². The van der Waals surface area contributed by atoms with Crippen molar-refractivity contribution in [1.82, 2.24) is 5.32 Å². The zero-order chi connectivity index (χ0) is 14.6. The van der Waals surface area contributed by atoms with Crippen LogP contribution < -0.4 is 11.1 Å². The highest BCUT2D eigenvalue weighted by atomic mass is 32.1. The van der Waals surface area contributed by atoms with Crippen LogP contribution in [0.15, 0.2) is 24.3 Å². The first kappa shape index (κ1) is 13.6. The molecule has 4 aliphatic carbocycles. The number of aryl methyl sites for hydroxylation is 1. The van der Waals surface area contributed by atoms with Crippen molar-refractivity contribution in [3.05, 3.63) is 35.4 Å². The quantitative estimate of drug-likeness (QED) is 0.821. The van der Waals surface area contributed by atoms with Crippen molar-refractivity contribution in [2.75, 3.05) is 0 Å². The fourth-order valence-corrected chi connectivity index (χ4v) is 5.88. The molecule has 4 fully saturated rings. The molecule has 4 aliphatic rings. The number of nitrogens with two attached hydrogens (primary N) is 1. The van der Waals surface area contributed by atoms with E-state index in [1.54, 1.807) is 0 Å². The van der Waals surface area contributed by atoms with Gasteiger partial charge in [0, 0.05) is 0 Å². The summed E-state index contributed by atoms with van der Waals surface area (Å²) in [6.45, 7) is 2.15. The SMILES string of the molecule is Cc1ccc(C2(NC(N)=S)C3CC4CC(C3)CC2C4)cc1. The smallest absolute Gasteiger partial charge is 0.164 e. The largest absolute Gasteiger partial charge is 0.376 e. The molecule has 0 atom stereocenters. The average molecular weight is 300 g/mol. The molecule has 5 rings (SSSR count). The predicted octanol–water partition coefficient (Wildman–Crippen LogP) is 3.48. The monoisotopic (exact) mass is 300 g/mol. The molecule has 0 aromatic heterocycles. The molecule has 0 saturated heterocycles. The maximum atomic E-state index is 5.95. The van der Waals surface area contributed by atoms with Crippen LogP contribution in [0.3, 0.4) is 0 Å². The molecule has 2 nitrogen and oxygen atoms in total. The van der Waals surface area contributed by atoms with Gasteiger partial charge in [0.1, 0.15) is 0 Å². The molecule has 4 bridgehead atoms. The molecule has 0 spiro atoms. The van der Waals surface area contributed by atoms with Gasteiger partial charge in [-0.3, -0.25) is 0 Å². The maximum absolute atomic E-state index is 5.95. The van der Waals surface area contributed by atoms with E-state index in [1.807, 2.05) is 0 Å². The van der Waals surface area contributed by atoms with Crippen molar-refractivity contribution in [2.45, 2.75) is 44.6 Å². The topological polar surface area (TPSA) is 38.0 Å². The number of thiocarbonyl (C=S) groups is 1. The number of nitrogens with one attached hydrogen (secondary N) is 1. The molecule has 1 aromatic carbocycles. The first-order chi connectivity index (χ1) is 10.1. The van der Waals surface area contributed by atoms with Gasteiger partial charge in [-0.1, -0.05) is 29.8 Å². The Hall–Kier alpha value is -1.09. The van der Waals surface area contributed by atoms with Crippen molar-refractivity contribution in [2.24, 2.45) is 29.4 Å². The van der Waals surface area contributed by atoms with E-state index in [1.165, 1.54) is 43.2 Å². The highest BCUT2D eigenvalue weighted by Gasteiger charge is 2.58. The molecule has 3 N–H and O–H groups in total. The van der Waals surface area contributed by atoms with E-state index in [-0.39, 0.29) is 5.54 Å². The van der Waals surface area contributed by atoms with Crippen molar-refractivity contribution in [3.63, 3.8) is 0 Å². The molecule has 0 heterocycles. The van der Waals surface area contributed by atoms with Crippen molar-refractivity contribution in [3.8, 4) is 0 Å². The highest BCUT2D eigenvalue weighted by molar-refractivity contribution is 7.80. The van der Waals surface area contributed by atoms with Crippen LogP contribution in [0.2, 0.25) is 0 Å². The van der Waals surface area contributed by atoms with Gasteiger partial charge in [-0.25, -0.2) is 0 Å². The molecule has 3 heteroatoms. The highest BCUT2D eigenvalue weighted by Crippen LogP contribution is 2.61. The molecule has 0 radical (unpaired) electrons. The van der Waals surface area contributed by atoms with Crippen LogP contribution in [-0.4, -0.2) is 5.11 Å². The summed E-state index contributed by atoms with van der Waals surface area (Å²) in [6, 6.07) is 9.04. The normalized spacial score (nSPS) is 40.2. The standard InChI is InChI=1S/C18H24N2S/c1-11-2-4-14(5-3-11)18(20-17(19)21)15-7-12-6-13(9-15)10-16(18)8-12/h2-5,12-13,15-16H,6-10H2,1H3,(H3,19,20,21). The Morgan fingerprint density at radius 3 is 2.05 bits per heavy atom. The summed E-state index contributed by atoms with van der Waals surface area (Å²) in [5, 5.41) is 4.04. The third-order valence-corrected chi connectivity index (χ3v) is 6.39.